The van der Waals surface area contributed by atoms with E-state index in [9.17, 15) is 14.2 Å². The van der Waals surface area contributed by atoms with Gasteiger partial charge in [0.15, 0.2) is 0 Å². The fraction of sp³-hybridized carbons (Fsp3) is 0.294. The number of hydrogen-bond donors (Lipinski definition) is 2. The molecule has 3 rings (SSSR count). The minimum absolute atomic E-state index is 0.154. The molecule has 0 unspecified atom stereocenters. The van der Waals surface area contributed by atoms with Crippen LogP contribution in [0.5, 0.6) is 0 Å². The number of nitrogens with zero attached hydrogens (tertiary/aromatic N) is 1. The van der Waals surface area contributed by atoms with Gasteiger partial charge in [-0.15, -0.1) is 0 Å². The van der Waals surface area contributed by atoms with Crippen LogP contribution in [0.4, 0.5) is 5.69 Å². The van der Waals surface area contributed by atoms with Gasteiger partial charge >= 0.3 is 18.7 Å². The Morgan fingerprint density at radius 2 is 1.73 bits per heavy atom. The van der Waals surface area contributed by atoms with Gasteiger partial charge in [-0.1, -0.05) is 24.3 Å². The highest BCUT2D eigenvalue weighted by Gasteiger charge is 2.27. The lowest BCUT2D eigenvalue weighted by Crippen LogP contribution is -2.36. The molecule has 1 heterocycles. The summed E-state index contributed by atoms with van der Waals surface area (Å²) < 4.78 is 24.7. The molecule has 0 atom stereocenters. The molecule has 0 spiro atoms. The van der Waals surface area contributed by atoms with Gasteiger partial charge in [-0.05, 0) is 19.9 Å². The molecule has 3 aromatic rings. The molecule has 0 fully saturated rings. The second-order valence-corrected chi connectivity index (χ2v) is 7.70. The summed E-state index contributed by atoms with van der Waals surface area (Å²) in [6, 6.07) is 8.81. The molecule has 0 saturated carbocycles. The summed E-state index contributed by atoms with van der Waals surface area (Å²) in [6.07, 6.45) is -0.359. The van der Waals surface area contributed by atoms with Crippen molar-refractivity contribution in [1.29, 1.82) is 0 Å². The van der Waals surface area contributed by atoms with E-state index in [0.29, 0.717) is 22.1 Å². The smallest absolute Gasteiger partial charge is 0.350 e. The number of nitrogens with one attached hydrogen (secondary N) is 1. The SMILES string of the molecule is CCOP(=O)(Cn1c(=O)c(=O)[nH]c2cc(N)c3ccccc3c21)OCC. The highest BCUT2D eigenvalue weighted by atomic mass is 31.2. The number of hydrogen-bond acceptors (Lipinski definition) is 6. The average molecular weight is 377 g/mol. The molecule has 9 heteroatoms. The molecule has 0 aliphatic rings. The minimum atomic E-state index is -3.60. The summed E-state index contributed by atoms with van der Waals surface area (Å²) in [5.41, 5.74) is 5.69. The lowest BCUT2D eigenvalue weighted by atomic mass is 10.1. The van der Waals surface area contributed by atoms with Crippen molar-refractivity contribution in [3.05, 3.63) is 51.0 Å². The zero-order valence-corrected chi connectivity index (χ0v) is 15.4. The first kappa shape index (κ1) is 18.4. The third-order valence-electron chi connectivity index (χ3n) is 3.97. The molecule has 26 heavy (non-hydrogen) atoms. The largest absolute Gasteiger partial charge is 0.398 e. The van der Waals surface area contributed by atoms with Gasteiger partial charge in [0.05, 0.1) is 24.2 Å². The van der Waals surface area contributed by atoms with Crippen molar-refractivity contribution in [3.8, 4) is 0 Å². The van der Waals surface area contributed by atoms with Crippen molar-refractivity contribution < 1.29 is 13.6 Å². The summed E-state index contributed by atoms with van der Waals surface area (Å²) in [5.74, 6) is 0. The van der Waals surface area contributed by atoms with Crippen LogP contribution in [-0.2, 0) is 19.9 Å². The van der Waals surface area contributed by atoms with E-state index in [2.05, 4.69) is 4.98 Å². The highest BCUT2D eigenvalue weighted by molar-refractivity contribution is 7.52. The zero-order chi connectivity index (χ0) is 18.9. The van der Waals surface area contributed by atoms with Crippen molar-refractivity contribution in [2.24, 2.45) is 0 Å². The fourth-order valence-electron chi connectivity index (χ4n) is 2.99. The molecule has 0 saturated heterocycles. The number of benzene rings is 2. The van der Waals surface area contributed by atoms with Crippen LogP contribution < -0.4 is 16.9 Å². The van der Waals surface area contributed by atoms with E-state index in [-0.39, 0.29) is 19.5 Å². The predicted molar refractivity (Wildman–Crippen MR) is 102 cm³/mol. The molecule has 3 N–H and O–H groups in total. The van der Waals surface area contributed by atoms with Crippen LogP contribution in [0.1, 0.15) is 13.8 Å². The Balaban J connectivity index is 2.38. The topological polar surface area (TPSA) is 116 Å². The van der Waals surface area contributed by atoms with E-state index < -0.39 is 18.7 Å². The van der Waals surface area contributed by atoms with E-state index in [1.165, 1.54) is 0 Å². The second-order valence-electron chi connectivity index (χ2n) is 5.68. The number of aromatic nitrogens is 2. The number of anilines is 1. The second kappa shape index (κ2) is 7.07. The lowest BCUT2D eigenvalue weighted by molar-refractivity contribution is 0.214. The van der Waals surface area contributed by atoms with Gasteiger partial charge < -0.3 is 19.8 Å². The summed E-state index contributed by atoms with van der Waals surface area (Å²) >= 11 is 0. The van der Waals surface area contributed by atoms with Crippen molar-refractivity contribution in [2.75, 3.05) is 18.9 Å². The number of aromatic amines is 1. The molecule has 8 nitrogen and oxygen atoms in total. The molecule has 0 amide bonds. The van der Waals surface area contributed by atoms with E-state index in [0.717, 1.165) is 9.95 Å². The Morgan fingerprint density at radius 3 is 2.35 bits per heavy atom. The molecular weight excluding hydrogens is 357 g/mol. The van der Waals surface area contributed by atoms with Gasteiger partial charge in [0.1, 0.15) is 6.29 Å². The maximum Gasteiger partial charge on any atom is 0.350 e. The number of H-pyrrole nitrogens is 1. The van der Waals surface area contributed by atoms with Crippen LogP contribution in [0.2, 0.25) is 0 Å². The summed E-state index contributed by atoms with van der Waals surface area (Å²) in [7, 11) is -3.60. The first-order chi connectivity index (χ1) is 12.4. The van der Waals surface area contributed by atoms with Crippen molar-refractivity contribution in [3.63, 3.8) is 0 Å². The number of rotatable bonds is 6. The van der Waals surface area contributed by atoms with E-state index >= 15 is 0 Å². The third-order valence-corrected chi connectivity index (χ3v) is 5.90. The summed E-state index contributed by atoms with van der Waals surface area (Å²) in [4.78, 5) is 27.2. The molecular formula is C17H20N3O5P. The Labute approximate surface area is 149 Å². The Hall–Kier alpha value is -2.41. The predicted octanol–water partition coefficient (Wildman–Crippen LogP) is 2.65. The standard InChI is InChI=1S/C17H20N3O5P/c1-3-24-26(23,25-4-2)10-20-15-12-8-6-5-7-11(12)13(18)9-14(15)19-16(21)17(20)22/h5-9H,3-4,10,18H2,1-2H3,(H,19,21). The maximum absolute atomic E-state index is 13.0. The first-order valence-electron chi connectivity index (χ1n) is 8.22. The van der Waals surface area contributed by atoms with Crippen LogP contribution in [0, 0.1) is 0 Å². The van der Waals surface area contributed by atoms with Crippen molar-refractivity contribution in [2.45, 2.75) is 20.1 Å². The van der Waals surface area contributed by atoms with Crippen molar-refractivity contribution in [1.82, 2.24) is 9.55 Å². The van der Waals surface area contributed by atoms with Crippen LogP contribution in [-0.4, -0.2) is 22.8 Å². The molecule has 0 aliphatic heterocycles. The lowest BCUT2D eigenvalue weighted by Gasteiger charge is -2.20. The zero-order valence-electron chi connectivity index (χ0n) is 14.5. The molecule has 1 aromatic heterocycles. The number of nitrogen functional groups attached to an aromatic ring is 1. The molecule has 0 bridgehead atoms. The highest BCUT2D eigenvalue weighted by Crippen LogP contribution is 2.49. The molecule has 2 aromatic carbocycles. The van der Waals surface area contributed by atoms with Gasteiger partial charge in [-0.2, -0.15) is 0 Å². The molecule has 0 radical (unpaired) electrons. The Bertz CT molecular complexity index is 1120. The van der Waals surface area contributed by atoms with Crippen LogP contribution in [0.15, 0.2) is 39.9 Å². The Morgan fingerprint density at radius 1 is 1.12 bits per heavy atom. The van der Waals surface area contributed by atoms with Gasteiger partial charge in [0.2, 0.25) is 0 Å². The third kappa shape index (κ3) is 3.19. The van der Waals surface area contributed by atoms with Gasteiger partial charge in [0.25, 0.3) is 0 Å². The van der Waals surface area contributed by atoms with Gasteiger partial charge in [-0.3, -0.25) is 18.7 Å². The maximum atomic E-state index is 13.0. The Kier molecular flexibility index (Phi) is 5.00. The summed E-state index contributed by atoms with van der Waals surface area (Å²) in [5, 5.41) is 1.39. The fourth-order valence-corrected chi connectivity index (χ4v) is 4.64. The average Bonchev–Trinajstić information content (AvgIpc) is 2.59. The first-order valence-corrected chi connectivity index (χ1v) is 9.95. The van der Waals surface area contributed by atoms with E-state index in [1.807, 2.05) is 12.1 Å². The number of fused-ring (bicyclic) bond motifs is 3. The monoisotopic (exact) mass is 377 g/mol. The van der Waals surface area contributed by atoms with E-state index in [4.69, 9.17) is 14.8 Å². The minimum Gasteiger partial charge on any atom is -0.398 e. The van der Waals surface area contributed by atoms with E-state index in [1.54, 1.807) is 32.0 Å². The molecule has 138 valence electrons. The van der Waals surface area contributed by atoms with Crippen molar-refractivity contribution >= 4 is 35.1 Å². The van der Waals surface area contributed by atoms with Crippen LogP contribution in [0.25, 0.3) is 21.8 Å². The number of nitrogens with two attached hydrogens (primary N) is 1. The summed E-state index contributed by atoms with van der Waals surface area (Å²) in [6.45, 7) is 3.67. The normalized spacial score (nSPS) is 12.1. The molecule has 0 aliphatic carbocycles. The quantitative estimate of drug-likeness (QED) is 0.295. The van der Waals surface area contributed by atoms with Crippen LogP contribution in [0.3, 0.4) is 0 Å². The van der Waals surface area contributed by atoms with Gasteiger partial charge in [0, 0.05) is 16.5 Å². The van der Waals surface area contributed by atoms with Crippen LogP contribution >= 0.6 is 7.60 Å². The van der Waals surface area contributed by atoms with Gasteiger partial charge in [-0.25, -0.2) is 0 Å².